The van der Waals surface area contributed by atoms with Crippen molar-refractivity contribution in [1.29, 1.82) is 0 Å². The Morgan fingerprint density at radius 2 is 2.11 bits per heavy atom. The van der Waals surface area contributed by atoms with E-state index in [-0.39, 0.29) is 12.2 Å². The van der Waals surface area contributed by atoms with Crippen LogP contribution in [0.25, 0.3) is 11.5 Å². The summed E-state index contributed by atoms with van der Waals surface area (Å²) in [5, 5.41) is 7.73. The Hall–Kier alpha value is -2.28. The lowest BCUT2D eigenvalue weighted by atomic mass is 10.3. The van der Waals surface area contributed by atoms with Crippen LogP contribution in [-0.2, 0) is 11.3 Å². The van der Waals surface area contributed by atoms with Crippen molar-refractivity contribution in [2.45, 2.75) is 6.61 Å². The SMILES string of the molecule is COCc1cc(=O)[nH]c(-c2ccc(OC)nn2)n1. The maximum Gasteiger partial charge on any atom is 0.251 e. The quantitative estimate of drug-likeness (QED) is 0.841. The number of aromatic nitrogens is 4. The molecule has 0 aliphatic heterocycles. The molecule has 7 heteroatoms. The predicted molar refractivity (Wildman–Crippen MR) is 63.1 cm³/mol. The molecule has 0 saturated carbocycles. The van der Waals surface area contributed by atoms with Crippen LogP contribution in [0.4, 0.5) is 0 Å². The van der Waals surface area contributed by atoms with Gasteiger partial charge in [0.2, 0.25) is 5.88 Å². The first-order chi connectivity index (χ1) is 8.72. The van der Waals surface area contributed by atoms with Gasteiger partial charge in [0.25, 0.3) is 5.56 Å². The second-order valence-corrected chi connectivity index (χ2v) is 3.48. The van der Waals surface area contributed by atoms with Gasteiger partial charge in [0.1, 0.15) is 5.69 Å². The van der Waals surface area contributed by atoms with Crippen molar-refractivity contribution in [3.05, 3.63) is 34.2 Å². The zero-order chi connectivity index (χ0) is 13.0. The Bertz CT molecular complexity index is 580. The summed E-state index contributed by atoms with van der Waals surface area (Å²) in [6, 6.07) is 4.69. The van der Waals surface area contributed by atoms with Crippen molar-refractivity contribution >= 4 is 0 Å². The van der Waals surface area contributed by atoms with Gasteiger partial charge in [-0.15, -0.1) is 10.2 Å². The average molecular weight is 248 g/mol. The molecule has 0 spiro atoms. The molecule has 2 aromatic heterocycles. The fraction of sp³-hybridized carbons (Fsp3) is 0.273. The third-order valence-corrected chi connectivity index (χ3v) is 2.18. The molecule has 0 bridgehead atoms. The van der Waals surface area contributed by atoms with Crippen molar-refractivity contribution < 1.29 is 9.47 Å². The highest BCUT2D eigenvalue weighted by atomic mass is 16.5. The van der Waals surface area contributed by atoms with Gasteiger partial charge in [0, 0.05) is 19.2 Å². The van der Waals surface area contributed by atoms with Crippen molar-refractivity contribution in [2.24, 2.45) is 0 Å². The van der Waals surface area contributed by atoms with Crippen LogP contribution in [0.15, 0.2) is 23.0 Å². The molecule has 18 heavy (non-hydrogen) atoms. The molecule has 0 unspecified atom stereocenters. The molecule has 0 aliphatic rings. The van der Waals surface area contributed by atoms with E-state index in [0.717, 1.165) is 0 Å². The van der Waals surface area contributed by atoms with E-state index < -0.39 is 0 Å². The third kappa shape index (κ3) is 2.69. The summed E-state index contributed by atoms with van der Waals surface area (Å²) < 4.78 is 9.84. The highest BCUT2D eigenvalue weighted by Gasteiger charge is 2.06. The summed E-state index contributed by atoms with van der Waals surface area (Å²) in [5.74, 6) is 0.749. The summed E-state index contributed by atoms with van der Waals surface area (Å²) in [5.41, 5.74) is 0.740. The van der Waals surface area contributed by atoms with Crippen molar-refractivity contribution in [2.75, 3.05) is 14.2 Å². The second kappa shape index (κ2) is 5.37. The fourth-order valence-corrected chi connectivity index (χ4v) is 1.41. The second-order valence-electron chi connectivity index (χ2n) is 3.48. The van der Waals surface area contributed by atoms with Gasteiger partial charge in [-0.3, -0.25) is 4.79 Å². The molecular weight excluding hydrogens is 236 g/mol. The molecule has 2 rings (SSSR count). The van der Waals surface area contributed by atoms with E-state index >= 15 is 0 Å². The molecule has 0 atom stereocenters. The fourth-order valence-electron chi connectivity index (χ4n) is 1.41. The molecule has 0 amide bonds. The third-order valence-electron chi connectivity index (χ3n) is 2.18. The zero-order valence-electron chi connectivity index (χ0n) is 10.0. The van der Waals surface area contributed by atoms with Gasteiger partial charge in [-0.05, 0) is 6.07 Å². The van der Waals surface area contributed by atoms with Gasteiger partial charge < -0.3 is 14.5 Å². The lowest BCUT2D eigenvalue weighted by Gasteiger charge is -2.03. The first-order valence-electron chi connectivity index (χ1n) is 5.20. The smallest absolute Gasteiger partial charge is 0.251 e. The van der Waals surface area contributed by atoms with E-state index in [2.05, 4.69) is 20.2 Å². The van der Waals surface area contributed by atoms with Gasteiger partial charge in [-0.25, -0.2) is 4.98 Å². The monoisotopic (exact) mass is 248 g/mol. The van der Waals surface area contributed by atoms with E-state index in [4.69, 9.17) is 9.47 Å². The number of ether oxygens (including phenoxy) is 2. The molecule has 0 radical (unpaired) electrons. The number of aromatic amines is 1. The molecule has 0 aliphatic carbocycles. The molecule has 94 valence electrons. The maximum absolute atomic E-state index is 11.5. The topological polar surface area (TPSA) is 90.0 Å². The lowest BCUT2D eigenvalue weighted by molar-refractivity contribution is 0.181. The first-order valence-corrected chi connectivity index (χ1v) is 5.20. The number of methoxy groups -OCH3 is 2. The number of rotatable bonds is 4. The summed E-state index contributed by atoms with van der Waals surface area (Å²) in [6.07, 6.45) is 0. The van der Waals surface area contributed by atoms with Crippen LogP contribution in [0.3, 0.4) is 0 Å². The van der Waals surface area contributed by atoms with Crippen LogP contribution in [0.2, 0.25) is 0 Å². The minimum absolute atomic E-state index is 0.260. The number of nitrogens with zero attached hydrogens (tertiary/aromatic N) is 3. The largest absolute Gasteiger partial charge is 0.480 e. The van der Waals surface area contributed by atoms with E-state index in [1.54, 1.807) is 12.1 Å². The summed E-state index contributed by atoms with van der Waals surface area (Å²) >= 11 is 0. The molecular formula is C11H12N4O3. The summed E-state index contributed by atoms with van der Waals surface area (Å²) in [6.45, 7) is 0.264. The van der Waals surface area contributed by atoms with E-state index in [9.17, 15) is 4.79 Å². The standard InChI is InChI=1S/C11H12N4O3/c1-17-6-7-5-9(16)13-11(12-7)8-3-4-10(18-2)15-14-8/h3-5H,6H2,1-2H3,(H,12,13,16). The van der Waals surface area contributed by atoms with Gasteiger partial charge in [0.15, 0.2) is 5.82 Å². The van der Waals surface area contributed by atoms with Gasteiger partial charge in [0.05, 0.1) is 19.4 Å². The van der Waals surface area contributed by atoms with Crippen molar-refractivity contribution in [3.63, 3.8) is 0 Å². The summed E-state index contributed by atoms with van der Waals surface area (Å²) in [7, 11) is 3.04. The number of hydrogen-bond acceptors (Lipinski definition) is 6. The lowest BCUT2D eigenvalue weighted by Crippen LogP contribution is -2.11. The van der Waals surface area contributed by atoms with Gasteiger partial charge in [-0.1, -0.05) is 0 Å². The summed E-state index contributed by atoms with van der Waals surface area (Å²) in [4.78, 5) is 18.3. The predicted octanol–water partition coefficient (Wildman–Crippen LogP) is 0.382. The Labute approximate surface area is 103 Å². The molecule has 0 saturated heterocycles. The minimum atomic E-state index is -0.260. The maximum atomic E-state index is 11.5. The van der Waals surface area contributed by atoms with Crippen LogP contribution < -0.4 is 10.3 Å². The highest BCUT2D eigenvalue weighted by Crippen LogP contribution is 2.12. The molecule has 1 N–H and O–H groups in total. The van der Waals surface area contributed by atoms with Crippen LogP contribution in [-0.4, -0.2) is 34.4 Å². The van der Waals surface area contributed by atoms with Crippen molar-refractivity contribution in [1.82, 2.24) is 20.2 Å². The van der Waals surface area contributed by atoms with Gasteiger partial charge >= 0.3 is 0 Å². The highest BCUT2D eigenvalue weighted by molar-refractivity contribution is 5.48. The zero-order valence-corrected chi connectivity index (χ0v) is 10.0. The normalized spacial score (nSPS) is 10.3. The molecule has 7 nitrogen and oxygen atoms in total. The Morgan fingerprint density at radius 3 is 2.72 bits per heavy atom. The number of H-pyrrole nitrogens is 1. The van der Waals surface area contributed by atoms with Crippen LogP contribution in [0.5, 0.6) is 5.88 Å². The average Bonchev–Trinajstić information content (AvgIpc) is 2.38. The Morgan fingerprint density at radius 1 is 1.28 bits per heavy atom. The van der Waals surface area contributed by atoms with Crippen molar-refractivity contribution in [3.8, 4) is 17.4 Å². The van der Waals surface area contributed by atoms with Crippen LogP contribution in [0, 0.1) is 0 Å². The molecule has 0 fully saturated rings. The number of nitrogens with one attached hydrogen (secondary N) is 1. The van der Waals surface area contributed by atoms with Gasteiger partial charge in [-0.2, -0.15) is 0 Å². The van der Waals surface area contributed by atoms with E-state index in [1.807, 2.05) is 0 Å². The number of hydrogen-bond donors (Lipinski definition) is 1. The van der Waals surface area contributed by atoms with Crippen LogP contribution >= 0.6 is 0 Å². The molecule has 2 aromatic rings. The van der Waals surface area contributed by atoms with E-state index in [0.29, 0.717) is 23.1 Å². The van der Waals surface area contributed by atoms with E-state index in [1.165, 1.54) is 20.3 Å². The molecule has 2 heterocycles. The first kappa shape index (κ1) is 12.2. The minimum Gasteiger partial charge on any atom is -0.480 e. The van der Waals surface area contributed by atoms with Crippen LogP contribution in [0.1, 0.15) is 5.69 Å². The molecule has 0 aromatic carbocycles. The Kier molecular flexibility index (Phi) is 3.63. The Balaban J connectivity index is 2.39.